The van der Waals surface area contributed by atoms with Crippen LogP contribution in [0.1, 0.15) is 75.8 Å². The molecule has 0 bridgehead atoms. The number of likely N-dealkylation sites (tertiary alicyclic amines) is 1. The number of rotatable bonds is 11. The van der Waals surface area contributed by atoms with Crippen molar-refractivity contribution >= 4 is 12.4 Å². The molecule has 2 nitrogen and oxygen atoms in total. The standard InChI is InChI=1S/C21H35NO.ClH/c1-2-3-4-5-6-7-8-10-19-12-14-20(15-13-19)17-22-16-9-11-21(22)18-23;/h12-15,21,23H,2-11,16-18H2,1H3;1H/t21-;/m1./s1. The monoisotopic (exact) mass is 353 g/mol. The number of aliphatic hydroxyl groups is 1. The summed E-state index contributed by atoms with van der Waals surface area (Å²) in [6.07, 6.45) is 13.2. The third-order valence-corrected chi connectivity index (χ3v) is 5.19. The molecule has 1 aliphatic rings. The average molecular weight is 354 g/mol. The quantitative estimate of drug-likeness (QED) is 0.541. The average Bonchev–Trinajstić information content (AvgIpc) is 3.02. The Morgan fingerprint density at radius 3 is 2.25 bits per heavy atom. The summed E-state index contributed by atoms with van der Waals surface area (Å²) in [6.45, 7) is 4.70. The predicted molar refractivity (Wildman–Crippen MR) is 106 cm³/mol. The molecule has 0 spiro atoms. The molecule has 138 valence electrons. The van der Waals surface area contributed by atoms with Gasteiger partial charge in [-0.15, -0.1) is 12.4 Å². The van der Waals surface area contributed by atoms with Crippen LogP contribution in [0.5, 0.6) is 0 Å². The first-order valence-corrected chi connectivity index (χ1v) is 9.76. The summed E-state index contributed by atoms with van der Waals surface area (Å²) in [6, 6.07) is 9.54. The van der Waals surface area contributed by atoms with E-state index in [1.165, 1.54) is 68.9 Å². The van der Waals surface area contributed by atoms with E-state index in [9.17, 15) is 5.11 Å². The SMILES string of the molecule is CCCCCCCCCc1ccc(CN2CCC[C@@H]2CO)cc1.Cl. The highest BCUT2D eigenvalue weighted by atomic mass is 35.5. The first-order valence-electron chi connectivity index (χ1n) is 9.76. The lowest BCUT2D eigenvalue weighted by atomic mass is 10.0. The Kier molecular flexibility index (Phi) is 11.4. The van der Waals surface area contributed by atoms with E-state index in [1.54, 1.807) is 0 Å². The molecule has 0 saturated carbocycles. The molecule has 1 atom stereocenters. The van der Waals surface area contributed by atoms with Crippen molar-refractivity contribution in [1.82, 2.24) is 4.90 Å². The third-order valence-electron chi connectivity index (χ3n) is 5.19. The molecule has 0 unspecified atom stereocenters. The molecular formula is C21H36ClNO. The van der Waals surface area contributed by atoms with Crippen molar-refractivity contribution in [2.24, 2.45) is 0 Å². The predicted octanol–water partition coefficient (Wildman–Crippen LogP) is 5.36. The molecule has 1 fully saturated rings. The van der Waals surface area contributed by atoms with Crippen molar-refractivity contribution in [3.63, 3.8) is 0 Å². The van der Waals surface area contributed by atoms with Crippen LogP contribution < -0.4 is 0 Å². The van der Waals surface area contributed by atoms with E-state index < -0.39 is 0 Å². The topological polar surface area (TPSA) is 23.5 Å². The number of benzene rings is 1. The molecule has 1 aromatic rings. The molecular weight excluding hydrogens is 318 g/mol. The second-order valence-corrected chi connectivity index (χ2v) is 7.14. The van der Waals surface area contributed by atoms with Crippen LogP contribution >= 0.6 is 12.4 Å². The van der Waals surface area contributed by atoms with Crippen molar-refractivity contribution < 1.29 is 5.11 Å². The number of hydrogen-bond donors (Lipinski definition) is 1. The Balaban J connectivity index is 0.00000288. The molecule has 0 amide bonds. The first-order chi connectivity index (χ1) is 11.3. The second-order valence-electron chi connectivity index (χ2n) is 7.14. The number of hydrogen-bond acceptors (Lipinski definition) is 2. The number of unbranched alkanes of at least 4 members (excludes halogenated alkanes) is 6. The summed E-state index contributed by atoms with van der Waals surface area (Å²) < 4.78 is 0. The number of nitrogens with zero attached hydrogens (tertiary/aromatic N) is 1. The summed E-state index contributed by atoms with van der Waals surface area (Å²) in [7, 11) is 0. The molecule has 1 saturated heterocycles. The molecule has 1 aromatic carbocycles. The lowest BCUT2D eigenvalue weighted by Gasteiger charge is -2.22. The minimum atomic E-state index is 0. The summed E-state index contributed by atoms with van der Waals surface area (Å²) in [5, 5.41) is 9.41. The molecule has 2 rings (SSSR count). The maximum absolute atomic E-state index is 9.41. The zero-order valence-electron chi connectivity index (χ0n) is 15.4. The summed E-state index contributed by atoms with van der Waals surface area (Å²) in [5.41, 5.74) is 2.86. The zero-order chi connectivity index (χ0) is 16.3. The van der Waals surface area contributed by atoms with Crippen molar-refractivity contribution in [1.29, 1.82) is 0 Å². The fourth-order valence-corrected chi connectivity index (χ4v) is 3.64. The van der Waals surface area contributed by atoms with Crippen LogP contribution in [0.4, 0.5) is 0 Å². The van der Waals surface area contributed by atoms with Gasteiger partial charge in [0, 0.05) is 12.6 Å². The Hall–Kier alpha value is -0.570. The lowest BCUT2D eigenvalue weighted by molar-refractivity contribution is 0.153. The van der Waals surface area contributed by atoms with Gasteiger partial charge in [-0.3, -0.25) is 4.90 Å². The zero-order valence-corrected chi connectivity index (χ0v) is 16.2. The second kappa shape index (κ2) is 12.7. The minimum Gasteiger partial charge on any atom is -0.395 e. The molecule has 1 heterocycles. The van der Waals surface area contributed by atoms with Gasteiger partial charge in [-0.25, -0.2) is 0 Å². The normalized spacial score (nSPS) is 17.8. The smallest absolute Gasteiger partial charge is 0.0587 e. The van der Waals surface area contributed by atoms with E-state index in [1.807, 2.05) is 0 Å². The minimum absolute atomic E-state index is 0. The van der Waals surface area contributed by atoms with Gasteiger partial charge < -0.3 is 5.11 Å². The van der Waals surface area contributed by atoms with Crippen LogP contribution in [0.2, 0.25) is 0 Å². The maximum Gasteiger partial charge on any atom is 0.0587 e. The summed E-state index contributed by atoms with van der Waals surface area (Å²) in [5.74, 6) is 0. The van der Waals surface area contributed by atoms with Gasteiger partial charge in [0.15, 0.2) is 0 Å². The van der Waals surface area contributed by atoms with Gasteiger partial charge in [-0.2, -0.15) is 0 Å². The van der Waals surface area contributed by atoms with E-state index >= 15 is 0 Å². The fraction of sp³-hybridized carbons (Fsp3) is 0.714. The molecule has 3 heteroatoms. The molecule has 0 aliphatic carbocycles. The molecule has 1 N–H and O–H groups in total. The number of aryl methyl sites for hydroxylation is 1. The Bertz CT molecular complexity index is 420. The lowest BCUT2D eigenvalue weighted by Crippen LogP contribution is -2.31. The largest absolute Gasteiger partial charge is 0.395 e. The Morgan fingerprint density at radius 2 is 1.58 bits per heavy atom. The van der Waals surface area contributed by atoms with E-state index in [-0.39, 0.29) is 12.4 Å². The fourth-order valence-electron chi connectivity index (χ4n) is 3.64. The van der Waals surface area contributed by atoms with Crippen molar-refractivity contribution in [2.75, 3.05) is 13.2 Å². The molecule has 1 aliphatic heterocycles. The summed E-state index contributed by atoms with van der Waals surface area (Å²) in [4.78, 5) is 2.42. The third kappa shape index (κ3) is 7.55. The van der Waals surface area contributed by atoms with Gasteiger partial charge in [0.05, 0.1) is 6.61 Å². The Morgan fingerprint density at radius 1 is 0.958 bits per heavy atom. The van der Waals surface area contributed by atoms with Crippen molar-refractivity contribution in [3.8, 4) is 0 Å². The van der Waals surface area contributed by atoms with Crippen LogP contribution in [0.25, 0.3) is 0 Å². The van der Waals surface area contributed by atoms with Crippen molar-refractivity contribution in [3.05, 3.63) is 35.4 Å². The maximum atomic E-state index is 9.41. The first kappa shape index (κ1) is 21.5. The van der Waals surface area contributed by atoms with Crippen LogP contribution in [0.15, 0.2) is 24.3 Å². The number of halogens is 1. The Labute approximate surface area is 155 Å². The van der Waals surface area contributed by atoms with E-state index in [0.29, 0.717) is 12.6 Å². The van der Waals surface area contributed by atoms with Crippen molar-refractivity contribution in [2.45, 2.75) is 83.7 Å². The van der Waals surface area contributed by atoms with Gasteiger partial charge in [-0.05, 0) is 43.4 Å². The molecule has 0 aromatic heterocycles. The van der Waals surface area contributed by atoms with Gasteiger partial charge in [0.1, 0.15) is 0 Å². The van der Waals surface area contributed by atoms with E-state index in [4.69, 9.17) is 0 Å². The van der Waals surface area contributed by atoms with Gasteiger partial charge in [0.2, 0.25) is 0 Å². The molecule has 24 heavy (non-hydrogen) atoms. The van der Waals surface area contributed by atoms with Crippen LogP contribution in [0.3, 0.4) is 0 Å². The highest BCUT2D eigenvalue weighted by Gasteiger charge is 2.23. The van der Waals surface area contributed by atoms with Crippen LogP contribution in [0, 0.1) is 0 Å². The van der Waals surface area contributed by atoms with Crippen LogP contribution in [-0.2, 0) is 13.0 Å². The van der Waals surface area contributed by atoms with Gasteiger partial charge >= 0.3 is 0 Å². The van der Waals surface area contributed by atoms with E-state index in [0.717, 1.165) is 19.5 Å². The van der Waals surface area contributed by atoms with Crippen LogP contribution in [-0.4, -0.2) is 29.2 Å². The van der Waals surface area contributed by atoms with Gasteiger partial charge in [-0.1, -0.05) is 69.7 Å². The highest BCUT2D eigenvalue weighted by molar-refractivity contribution is 5.85. The highest BCUT2D eigenvalue weighted by Crippen LogP contribution is 2.20. The number of aliphatic hydroxyl groups excluding tert-OH is 1. The molecule has 0 radical (unpaired) electrons. The summed E-state index contributed by atoms with van der Waals surface area (Å²) >= 11 is 0. The van der Waals surface area contributed by atoms with Gasteiger partial charge in [0.25, 0.3) is 0 Å². The van der Waals surface area contributed by atoms with E-state index in [2.05, 4.69) is 36.1 Å².